The van der Waals surface area contributed by atoms with E-state index in [2.05, 4.69) is 9.71 Å². The van der Waals surface area contributed by atoms with Gasteiger partial charge >= 0.3 is 0 Å². The number of nitrogens with zero attached hydrogens (tertiary/aromatic N) is 3. The number of aryl methyl sites for hydroxylation is 1. The van der Waals surface area contributed by atoms with Gasteiger partial charge in [0.2, 0.25) is 0 Å². The van der Waals surface area contributed by atoms with Gasteiger partial charge in [0, 0.05) is 11.3 Å². The number of ketones is 1. The van der Waals surface area contributed by atoms with Crippen molar-refractivity contribution >= 4 is 38.0 Å². The average Bonchev–Trinajstić information content (AvgIpc) is 3.33. The molecular formula is C25H20N4O4S. The Hall–Kier alpha value is -4.24. The van der Waals surface area contributed by atoms with Crippen LogP contribution in [0.5, 0.6) is 0 Å². The van der Waals surface area contributed by atoms with E-state index in [-0.39, 0.29) is 22.8 Å². The number of Topliss-reactive ketones (excluding diaryl/α,β-unsaturated/α-hetero) is 1. The van der Waals surface area contributed by atoms with E-state index in [1.807, 2.05) is 31.2 Å². The second-order valence-corrected chi connectivity index (χ2v) is 9.63. The van der Waals surface area contributed by atoms with Gasteiger partial charge in [-0.3, -0.25) is 23.3 Å². The second-order valence-electron chi connectivity index (χ2n) is 7.95. The largest absolute Gasteiger partial charge is 0.292 e. The molecule has 34 heavy (non-hydrogen) atoms. The van der Waals surface area contributed by atoms with Crippen LogP contribution in [0.1, 0.15) is 15.9 Å². The maximum Gasteiger partial charge on any atom is 0.262 e. The number of carbonyl (C=O) groups is 1. The topological polar surface area (TPSA) is 103 Å². The molecule has 8 nitrogen and oxygen atoms in total. The Morgan fingerprint density at radius 1 is 0.971 bits per heavy atom. The third kappa shape index (κ3) is 3.86. The summed E-state index contributed by atoms with van der Waals surface area (Å²) in [6.45, 7) is 1.71. The zero-order valence-corrected chi connectivity index (χ0v) is 19.0. The summed E-state index contributed by atoms with van der Waals surface area (Å²) in [7, 11) is -3.81. The summed E-state index contributed by atoms with van der Waals surface area (Å²) in [5.74, 6) is -0.323. The third-order valence-corrected chi connectivity index (χ3v) is 7.02. The number of fused-ring (bicyclic) bond motifs is 3. The van der Waals surface area contributed by atoms with Gasteiger partial charge in [-0.15, -0.1) is 0 Å². The minimum atomic E-state index is -3.81. The Morgan fingerprint density at radius 2 is 1.68 bits per heavy atom. The fraction of sp³-hybridized carbons (Fsp3) is 0.0800. The molecule has 0 amide bonds. The van der Waals surface area contributed by atoms with Gasteiger partial charge in [-0.05, 0) is 55.5 Å². The molecule has 3 aromatic carbocycles. The molecule has 0 bridgehead atoms. The van der Waals surface area contributed by atoms with Crippen LogP contribution in [0.25, 0.3) is 16.6 Å². The van der Waals surface area contributed by atoms with Crippen LogP contribution < -0.4 is 10.3 Å². The molecule has 0 saturated heterocycles. The lowest BCUT2D eigenvalue weighted by Gasteiger charge is -2.11. The van der Waals surface area contributed by atoms with E-state index in [9.17, 15) is 18.0 Å². The highest BCUT2D eigenvalue weighted by Gasteiger charge is 2.17. The molecule has 5 rings (SSSR count). The van der Waals surface area contributed by atoms with E-state index in [0.29, 0.717) is 27.8 Å². The van der Waals surface area contributed by atoms with Gasteiger partial charge in [-0.1, -0.05) is 29.8 Å². The Balaban J connectivity index is 1.42. The van der Waals surface area contributed by atoms with Crippen LogP contribution in [-0.4, -0.2) is 28.2 Å². The molecule has 0 atom stereocenters. The first-order chi connectivity index (χ1) is 16.3. The summed E-state index contributed by atoms with van der Waals surface area (Å²) >= 11 is 0. The maximum absolute atomic E-state index is 13.1. The van der Waals surface area contributed by atoms with Crippen molar-refractivity contribution in [3.05, 3.63) is 107 Å². The van der Waals surface area contributed by atoms with Gasteiger partial charge in [0.15, 0.2) is 5.78 Å². The monoisotopic (exact) mass is 472 g/mol. The Labute approximate surface area is 195 Å². The van der Waals surface area contributed by atoms with Gasteiger partial charge in [-0.2, -0.15) is 0 Å². The Bertz CT molecular complexity index is 1700. The molecule has 0 saturated carbocycles. The highest BCUT2D eigenvalue weighted by molar-refractivity contribution is 7.92. The van der Waals surface area contributed by atoms with E-state index in [4.69, 9.17) is 0 Å². The Kier molecular flexibility index (Phi) is 5.25. The molecule has 0 aliphatic rings. The van der Waals surface area contributed by atoms with Gasteiger partial charge in [0.25, 0.3) is 15.6 Å². The quantitative estimate of drug-likeness (QED) is 0.380. The lowest BCUT2D eigenvalue weighted by molar-refractivity contribution is 0.0972. The minimum Gasteiger partial charge on any atom is -0.292 e. The van der Waals surface area contributed by atoms with Crippen molar-refractivity contribution in [3.63, 3.8) is 0 Å². The van der Waals surface area contributed by atoms with Gasteiger partial charge < -0.3 is 0 Å². The van der Waals surface area contributed by atoms with E-state index in [1.165, 1.54) is 35.0 Å². The highest BCUT2D eigenvalue weighted by Crippen LogP contribution is 2.18. The van der Waals surface area contributed by atoms with Gasteiger partial charge in [0.05, 0.1) is 28.5 Å². The molecule has 2 aromatic heterocycles. The number of hydrogen-bond acceptors (Lipinski definition) is 5. The van der Waals surface area contributed by atoms with Crippen LogP contribution in [0.15, 0.2) is 95.0 Å². The van der Waals surface area contributed by atoms with Gasteiger partial charge in [0.1, 0.15) is 12.0 Å². The van der Waals surface area contributed by atoms with Crippen molar-refractivity contribution in [3.8, 4) is 0 Å². The highest BCUT2D eigenvalue weighted by atomic mass is 32.2. The van der Waals surface area contributed by atoms with Crippen molar-refractivity contribution in [1.29, 1.82) is 0 Å². The van der Waals surface area contributed by atoms with Crippen LogP contribution in [0.2, 0.25) is 0 Å². The number of sulfonamides is 1. The number of hydrogen-bond donors (Lipinski definition) is 1. The van der Waals surface area contributed by atoms with E-state index in [1.54, 1.807) is 35.0 Å². The van der Waals surface area contributed by atoms with E-state index in [0.717, 1.165) is 5.56 Å². The lowest BCUT2D eigenvalue weighted by atomic mass is 10.1. The van der Waals surface area contributed by atoms with Crippen molar-refractivity contribution in [2.45, 2.75) is 18.4 Å². The second kappa shape index (κ2) is 8.27. The molecule has 0 aliphatic heterocycles. The summed E-state index contributed by atoms with van der Waals surface area (Å²) in [5.41, 5.74) is 2.68. The molecule has 0 radical (unpaired) electrons. The molecule has 2 heterocycles. The number of carbonyl (C=O) groups excluding carboxylic acids is 1. The summed E-state index contributed by atoms with van der Waals surface area (Å²) < 4.78 is 31.0. The van der Waals surface area contributed by atoms with Crippen LogP contribution in [0.3, 0.4) is 0 Å². The number of benzene rings is 3. The summed E-state index contributed by atoms with van der Waals surface area (Å²) in [6, 6.07) is 19.8. The number of para-hydroxylation sites is 1. The first-order valence-corrected chi connectivity index (χ1v) is 12.0. The first-order valence-electron chi connectivity index (χ1n) is 10.5. The fourth-order valence-corrected chi connectivity index (χ4v) is 4.89. The fourth-order valence-electron chi connectivity index (χ4n) is 3.83. The third-order valence-electron chi connectivity index (χ3n) is 5.63. The smallest absolute Gasteiger partial charge is 0.262 e. The molecule has 0 spiro atoms. The normalized spacial score (nSPS) is 11.7. The molecule has 5 aromatic rings. The van der Waals surface area contributed by atoms with Crippen molar-refractivity contribution in [1.82, 2.24) is 14.0 Å². The predicted octanol–water partition coefficient (Wildman–Crippen LogP) is 3.64. The molecule has 9 heteroatoms. The van der Waals surface area contributed by atoms with Crippen LogP contribution in [-0.2, 0) is 16.6 Å². The molecule has 0 fully saturated rings. The van der Waals surface area contributed by atoms with Crippen molar-refractivity contribution in [2.75, 3.05) is 4.72 Å². The van der Waals surface area contributed by atoms with Gasteiger partial charge in [-0.25, -0.2) is 13.4 Å². The zero-order chi connectivity index (χ0) is 23.9. The lowest BCUT2D eigenvalue weighted by Crippen LogP contribution is -2.26. The molecule has 1 N–H and O–H groups in total. The van der Waals surface area contributed by atoms with Crippen molar-refractivity contribution in [2.24, 2.45) is 0 Å². The van der Waals surface area contributed by atoms with Crippen LogP contribution >= 0.6 is 0 Å². The van der Waals surface area contributed by atoms with E-state index >= 15 is 0 Å². The number of nitrogens with one attached hydrogen (secondary N) is 1. The summed E-state index contributed by atoms with van der Waals surface area (Å²) in [6.07, 6.45) is 3.13. The summed E-state index contributed by atoms with van der Waals surface area (Å²) in [5, 5.41) is 0.476. The summed E-state index contributed by atoms with van der Waals surface area (Å²) in [4.78, 5) is 30.2. The minimum absolute atomic E-state index is 0.0330. The SMILES string of the molecule is Cc1ccc(NS(=O)(=O)c2ccc(C(=O)Cn3c(=O)c4ccccc4n4cncc34)cc2)cc1. The number of imidazole rings is 1. The number of anilines is 1. The molecule has 0 unspecified atom stereocenters. The van der Waals surface area contributed by atoms with Crippen LogP contribution in [0, 0.1) is 6.92 Å². The Morgan fingerprint density at radius 3 is 2.41 bits per heavy atom. The molecule has 170 valence electrons. The number of rotatable bonds is 6. The standard InChI is InChI=1S/C25H20N4O4S/c1-17-6-10-19(11-7-17)27-34(32,33)20-12-8-18(9-13-20)23(30)15-28-24-14-26-16-29(24)22-5-3-2-4-21(22)25(28)31/h2-14,16,27H,15H2,1H3. The average molecular weight is 473 g/mol. The van der Waals surface area contributed by atoms with Crippen molar-refractivity contribution < 1.29 is 13.2 Å². The molecule has 0 aliphatic carbocycles. The first kappa shape index (κ1) is 21.6. The maximum atomic E-state index is 13.1. The number of aromatic nitrogens is 3. The predicted molar refractivity (Wildman–Crippen MR) is 130 cm³/mol. The zero-order valence-electron chi connectivity index (χ0n) is 18.2. The molecular weight excluding hydrogens is 452 g/mol. The van der Waals surface area contributed by atoms with Crippen LogP contribution in [0.4, 0.5) is 5.69 Å². The van der Waals surface area contributed by atoms with E-state index < -0.39 is 10.0 Å².